The molecular formula is C23H21NO2S. The minimum Gasteiger partial charge on any atom is -0.493 e. The number of para-hydroxylation sites is 2. The molecule has 0 N–H and O–H groups in total. The van der Waals surface area contributed by atoms with Crippen LogP contribution in [0.5, 0.6) is 11.5 Å². The van der Waals surface area contributed by atoms with Crippen molar-refractivity contribution in [2.24, 2.45) is 0 Å². The molecule has 136 valence electrons. The van der Waals surface area contributed by atoms with E-state index in [0.29, 0.717) is 13.2 Å². The fourth-order valence-electron chi connectivity index (χ4n) is 2.83. The number of hydrogen-bond donors (Lipinski definition) is 0. The summed E-state index contributed by atoms with van der Waals surface area (Å²) >= 11 is 1.76. The average molecular weight is 375 g/mol. The van der Waals surface area contributed by atoms with Gasteiger partial charge in [-0.15, -0.1) is 11.3 Å². The second-order valence-corrected chi connectivity index (χ2v) is 7.37. The molecule has 27 heavy (non-hydrogen) atoms. The molecule has 0 fully saturated rings. The molecule has 4 aromatic rings. The molecule has 1 aromatic heterocycles. The van der Waals surface area contributed by atoms with Crippen LogP contribution in [0.3, 0.4) is 0 Å². The third-order valence-electron chi connectivity index (χ3n) is 4.19. The Balaban J connectivity index is 1.24. The number of hydrogen-bond acceptors (Lipinski definition) is 4. The fourth-order valence-corrected chi connectivity index (χ4v) is 3.83. The molecule has 0 radical (unpaired) electrons. The smallest absolute Gasteiger partial charge is 0.119 e. The summed E-state index contributed by atoms with van der Waals surface area (Å²) in [5.74, 6) is 1.79. The fraction of sp³-hybridized carbons (Fsp3) is 0.174. The zero-order valence-corrected chi connectivity index (χ0v) is 15.8. The predicted octanol–water partition coefficient (Wildman–Crippen LogP) is 5.74. The van der Waals surface area contributed by atoms with E-state index < -0.39 is 0 Å². The number of fused-ring (bicyclic) bond motifs is 1. The number of rotatable bonds is 8. The van der Waals surface area contributed by atoms with Crippen molar-refractivity contribution in [2.45, 2.75) is 12.8 Å². The third kappa shape index (κ3) is 4.86. The predicted molar refractivity (Wildman–Crippen MR) is 111 cm³/mol. The quantitative estimate of drug-likeness (QED) is 0.368. The molecule has 0 bridgehead atoms. The Morgan fingerprint density at radius 3 is 2.11 bits per heavy atom. The molecule has 0 aliphatic carbocycles. The Labute approximate surface area is 163 Å². The van der Waals surface area contributed by atoms with Gasteiger partial charge in [0, 0.05) is 12.8 Å². The minimum atomic E-state index is 0.643. The number of benzene rings is 3. The Bertz CT molecular complexity index is 947. The largest absolute Gasteiger partial charge is 0.493 e. The van der Waals surface area contributed by atoms with E-state index in [9.17, 15) is 0 Å². The van der Waals surface area contributed by atoms with Gasteiger partial charge >= 0.3 is 0 Å². The molecule has 1 heterocycles. The number of aromatic nitrogens is 1. The summed E-state index contributed by atoms with van der Waals surface area (Å²) < 4.78 is 12.7. The second kappa shape index (κ2) is 8.69. The molecule has 0 amide bonds. The highest BCUT2D eigenvalue weighted by Gasteiger charge is 2.04. The van der Waals surface area contributed by atoms with E-state index in [1.807, 2.05) is 48.5 Å². The van der Waals surface area contributed by atoms with Crippen molar-refractivity contribution >= 4 is 21.6 Å². The lowest BCUT2D eigenvalue weighted by Gasteiger charge is -2.08. The van der Waals surface area contributed by atoms with Crippen molar-refractivity contribution < 1.29 is 9.47 Å². The third-order valence-corrected chi connectivity index (χ3v) is 5.22. The molecule has 4 rings (SSSR count). The van der Waals surface area contributed by atoms with Gasteiger partial charge in [0.25, 0.3) is 0 Å². The van der Waals surface area contributed by atoms with Crippen molar-refractivity contribution in [1.29, 1.82) is 0 Å². The standard InChI is InChI=1S/C23H21NO2S/c1-2-7-19(8-3-1)25-15-6-16-26-20-13-11-18(12-14-20)17-23-24-21-9-4-5-10-22(21)27-23/h1-5,7-14H,6,15-17H2. The van der Waals surface area contributed by atoms with Crippen molar-refractivity contribution in [1.82, 2.24) is 4.98 Å². The van der Waals surface area contributed by atoms with Gasteiger partial charge in [0.1, 0.15) is 11.5 Å². The van der Waals surface area contributed by atoms with Crippen LogP contribution in [0, 0.1) is 0 Å². The van der Waals surface area contributed by atoms with E-state index in [1.165, 1.54) is 10.3 Å². The van der Waals surface area contributed by atoms with Gasteiger partial charge in [-0.05, 0) is 42.0 Å². The van der Waals surface area contributed by atoms with Gasteiger partial charge in [0.15, 0.2) is 0 Å². The van der Waals surface area contributed by atoms with Crippen LogP contribution in [0.15, 0.2) is 78.9 Å². The van der Waals surface area contributed by atoms with Crippen LogP contribution in [0.25, 0.3) is 10.2 Å². The number of nitrogens with zero attached hydrogens (tertiary/aromatic N) is 1. The maximum absolute atomic E-state index is 5.80. The maximum Gasteiger partial charge on any atom is 0.119 e. The van der Waals surface area contributed by atoms with Gasteiger partial charge in [-0.3, -0.25) is 0 Å². The van der Waals surface area contributed by atoms with Crippen LogP contribution < -0.4 is 9.47 Å². The second-order valence-electron chi connectivity index (χ2n) is 6.26. The topological polar surface area (TPSA) is 31.4 Å². The van der Waals surface area contributed by atoms with Gasteiger partial charge < -0.3 is 9.47 Å². The van der Waals surface area contributed by atoms with Crippen LogP contribution in [0.2, 0.25) is 0 Å². The van der Waals surface area contributed by atoms with Crippen LogP contribution in [-0.2, 0) is 6.42 Å². The van der Waals surface area contributed by atoms with Gasteiger partial charge in [0.05, 0.1) is 28.4 Å². The van der Waals surface area contributed by atoms with E-state index in [-0.39, 0.29) is 0 Å². The highest BCUT2D eigenvalue weighted by atomic mass is 32.1. The van der Waals surface area contributed by atoms with Crippen LogP contribution in [0.4, 0.5) is 0 Å². The summed E-state index contributed by atoms with van der Waals surface area (Å²) in [4.78, 5) is 4.70. The van der Waals surface area contributed by atoms with Crippen molar-refractivity contribution in [3.8, 4) is 11.5 Å². The molecule has 0 spiro atoms. The summed E-state index contributed by atoms with van der Waals surface area (Å²) in [6.45, 7) is 1.30. The van der Waals surface area contributed by atoms with E-state index in [1.54, 1.807) is 11.3 Å². The Morgan fingerprint density at radius 2 is 1.37 bits per heavy atom. The molecule has 3 nitrogen and oxygen atoms in total. The summed E-state index contributed by atoms with van der Waals surface area (Å²) in [5, 5.41) is 1.14. The first-order valence-corrected chi connectivity index (χ1v) is 9.92. The molecule has 3 aromatic carbocycles. The van der Waals surface area contributed by atoms with E-state index in [0.717, 1.165) is 34.9 Å². The van der Waals surface area contributed by atoms with Gasteiger partial charge in [-0.25, -0.2) is 4.98 Å². The Morgan fingerprint density at radius 1 is 0.704 bits per heavy atom. The summed E-state index contributed by atoms with van der Waals surface area (Å²) in [6, 6.07) is 26.4. The molecule has 0 saturated carbocycles. The maximum atomic E-state index is 5.80. The monoisotopic (exact) mass is 375 g/mol. The van der Waals surface area contributed by atoms with Gasteiger partial charge in [-0.2, -0.15) is 0 Å². The van der Waals surface area contributed by atoms with Crippen molar-refractivity contribution in [3.05, 3.63) is 89.4 Å². The van der Waals surface area contributed by atoms with E-state index in [2.05, 4.69) is 30.3 Å². The molecule has 0 aliphatic heterocycles. The van der Waals surface area contributed by atoms with Crippen molar-refractivity contribution in [3.63, 3.8) is 0 Å². The first kappa shape index (κ1) is 17.6. The molecule has 0 saturated heterocycles. The molecular weight excluding hydrogens is 354 g/mol. The highest BCUT2D eigenvalue weighted by molar-refractivity contribution is 7.18. The number of thiazole rings is 1. The molecule has 0 atom stereocenters. The normalized spacial score (nSPS) is 10.8. The summed E-state index contributed by atoms with van der Waals surface area (Å²) in [7, 11) is 0. The van der Waals surface area contributed by atoms with Crippen LogP contribution >= 0.6 is 11.3 Å². The zero-order chi connectivity index (χ0) is 18.3. The Kier molecular flexibility index (Phi) is 5.65. The minimum absolute atomic E-state index is 0.643. The summed E-state index contributed by atoms with van der Waals surface area (Å²) in [6.07, 6.45) is 1.70. The number of ether oxygens (including phenoxy) is 2. The Hall–Kier alpha value is -2.85. The van der Waals surface area contributed by atoms with Crippen molar-refractivity contribution in [2.75, 3.05) is 13.2 Å². The lowest BCUT2D eigenvalue weighted by molar-refractivity contribution is 0.247. The molecule has 0 unspecified atom stereocenters. The highest BCUT2D eigenvalue weighted by Crippen LogP contribution is 2.24. The van der Waals surface area contributed by atoms with Gasteiger partial charge in [0.2, 0.25) is 0 Å². The average Bonchev–Trinajstić information content (AvgIpc) is 3.12. The molecule has 4 heteroatoms. The SMILES string of the molecule is c1ccc(OCCCOc2ccc(Cc3nc4ccccc4s3)cc2)cc1. The van der Waals surface area contributed by atoms with Crippen LogP contribution in [0.1, 0.15) is 17.0 Å². The first-order valence-electron chi connectivity index (χ1n) is 9.11. The zero-order valence-electron chi connectivity index (χ0n) is 15.0. The van der Waals surface area contributed by atoms with Gasteiger partial charge in [-0.1, -0.05) is 42.5 Å². The first-order chi connectivity index (χ1) is 13.4. The summed E-state index contributed by atoms with van der Waals surface area (Å²) in [5.41, 5.74) is 2.32. The van der Waals surface area contributed by atoms with Crippen LogP contribution in [-0.4, -0.2) is 18.2 Å². The lowest BCUT2D eigenvalue weighted by atomic mass is 10.1. The van der Waals surface area contributed by atoms with E-state index in [4.69, 9.17) is 14.5 Å². The molecule has 0 aliphatic rings. The lowest BCUT2D eigenvalue weighted by Crippen LogP contribution is -2.04. The van der Waals surface area contributed by atoms with E-state index >= 15 is 0 Å².